The largest absolute Gasteiger partial charge is 0.323 e. The summed E-state index contributed by atoms with van der Waals surface area (Å²) in [6.45, 7) is 0. The van der Waals surface area contributed by atoms with Crippen molar-refractivity contribution in [1.82, 2.24) is 9.97 Å². The van der Waals surface area contributed by atoms with Gasteiger partial charge in [0.15, 0.2) is 0 Å². The molecule has 4 heteroatoms. The van der Waals surface area contributed by atoms with E-state index in [9.17, 15) is 4.79 Å². The molecular formula is C18H19N3O. The van der Waals surface area contributed by atoms with E-state index in [0.717, 1.165) is 25.1 Å². The van der Waals surface area contributed by atoms with Gasteiger partial charge >= 0.3 is 0 Å². The van der Waals surface area contributed by atoms with Gasteiger partial charge in [-0.05, 0) is 37.7 Å². The normalized spacial score (nSPS) is 18.7. The molecule has 2 aliphatic carbocycles. The number of amides is 1. The summed E-state index contributed by atoms with van der Waals surface area (Å²) < 4.78 is 0. The van der Waals surface area contributed by atoms with Crippen molar-refractivity contribution in [3.05, 3.63) is 54.1 Å². The number of hydrogen-bond acceptors (Lipinski definition) is 3. The second-order valence-corrected chi connectivity index (χ2v) is 6.50. The molecule has 4 rings (SSSR count). The fourth-order valence-electron chi connectivity index (χ4n) is 2.84. The Morgan fingerprint density at radius 2 is 1.82 bits per heavy atom. The van der Waals surface area contributed by atoms with Crippen LogP contribution in [0.4, 0.5) is 5.69 Å². The van der Waals surface area contributed by atoms with Crippen molar-refractivity contribution < 1.29 is 4.79 Å². The predicted octanol–water partition coefficient (Wildman–Crippen LogP) is 3.32. The molecule has 0 radical (unpaired) electrons. The molecule has 0 spiro atoms. The fraction of sp³-hybridized carbons (Fsp3) is 0.389. The Morgan fingerprint density at radius 3 is 2.41 bits per heavy atom. The van der Waals surface area contributed by atoms with Crippen molar-refractivity contribution in [2.45, 2.75) is 38.0 Å². The van der Waals surface area contributed by atoms with Gasteiger partial charge < -0.3 is 5.32 Å². The summed E-state index contributed by atoms with van der Waals surface area (Å²) in [6.07, 6.45) is 8.55. The van der Waals surface area contributed by atoms with Crippen molar-refractivity contribution in [3.63, 3.8) is 0 Å². The zero-order valence-electron chi connectivity index (χ0n) is 12.5. The fourth-order valence-corrected chi connectivity index (χ4v) is 2.84. The lowest BCUT2D eigenvalue weighted by molar-refractivity contribution is -0.121. The van der Waals surface area contributed by atoms with Crippen LogP contribution in [0.3, 0.4) is 0 Å². The summed E-state index contributed by atoms with van der Waals surface area (Å²) in [6, 6.07) is 10.2. The van der Waals surface area contributed by atoms with Crippen LogP contribution in [0.5, 0.6) is 0 Å². The van der Waals surface area contributed by atoms with Crippen molar-refractivity contribution in [2.24, 2.45) is 5.41 Å². The molecule has 1 N–H and O–H groups in total. The maximum absolute atomic E-state index is 12.6. The van der Waals surface area contributed by atoms with Crippen LogP contribution in [0.1, 0.15) is 43.0 Å². The smallest absolute Gasteiger partial charge is 0.231 e. The zero-order valence-corrected chi connectivity index (χ0v) is 12.5. The molecule has 0 atom stereocenters. The predicted molar refractivity (Wildman–Crippen MR) is 84.4 cm³/mol. The van der Waals surface area contributed by atoms with E-state index in [1.165, 1.54) is 18.4 Å². The minimum absolute atomic E-state index is 0.0964. The van der Waals surface area contributed by atoms with Crippen LogP contribution >= 0.6 is 0 Å². The number of hydrogen-bond donors (Lipinski definition) is 1. The highest BCUT2D eigenvalue weighted by atomic mass is 16.2. The average Bonchev–Trinajstić information content (AvgIpc) is 3.44. The highest BCUT2D eigenvalue weighted by molar-refractivity contribution is 5.97. The summed E-state index contributed by atoms with van der Waals surface area (Å²) in [4.78, 5) is 21.3. The van der Waals surface area contributed by atoms with Gasteiger partial charge in [0.25, 0.3) is 0 Å². The minimum Gasteiger partial charge on any atom is -0.323 e. The standard InChI is InChI=1S/C18H19N3O/c22-17(18(8-9-18)10-13-4-2-1-3-5-13)21-15-11-19-16(20-12-15)14-6-7-14/h1-5,11-12,14H,6-10H2,(H,21,22). The summed E-state index contributed by atoms with van der Waals surface area (Å²) in [5, 5.41) is 2.99. The van der Waals surface area contributed by atoms with Crippen LogP contribution in [0.25, 0.3) is 0 Å². The van der Waals surface area contributed by atoms with Crippen LogP contribution < -0.4 is 5.32 Å². The van der Waals surface area contributed by atoms with Crippen molar-refractivity contribution in [1.29, 1.82) is 0 Å². The van der Waals surface area contributed by atoms with Crippen molar-refractivity contribution >= 4 is 11.6 Å². The maximum atomic E-state index is 12.6. The van der Waals surface area contributed by atoms with Crippen molar-refractivity contribution in [3.8, 4) is 0 Å². The summed E-state index contributed by atoms with van der Waals surface area (Å²) in [7, 11) is 0. The number of nitrogens with zero attached hydrogens (tertiary/aromatic N) is 2. The van der Waals surface area contributed by atoms with Gasteiger partial charge in [0.2, 0.25) is 5.91 Å². The highest BCUT2D eigenvalue weighted by Gasteiger charge is 2.49. The molecule has 4 nitrogen and oxygen atoms in total. The third-order valence-electron chi connectivity index (χ3n) is 4.59. The quantitative estimate of drug-likeness (QED) is 0.920. The van der Waals surface area contributed by atoms with Gasteiger partial charge in [0.1, 0.15) is 5.82 Å². The van der Waals surface area contributed by atoms with Crippen LogP contribution in [0.15, 0.2) is 42.7 Å². The number of nitrogens with one attached hydrogen (secondary N) is 1. The second kappa shape index (κ2) is 5.20. The van der Waals surface area contributed by atoms with Gasteiger partial charge in [-0.1, -0.05) is 30.3 Å². The van der Waals surface area contributed by atoms with E-state index in [-0.39, 0.29) is 11.3 Å². The Hall–Kier alpha value is -2.23. The maximum Gasteiger partial charge on any atom is 0.231 e. The Balaban J connectivity index is 1.42. The van der Waals surface area contributed by atoms with Gasteiger partial charge in [-0.15, -0.1) is 0 Å². The molecule has 22 heavy (non-hydrogen) atoms. The molecule has 1 aromatic heterocycles. The molecule has 112 valence electrons. The first-order valence-electron chi connectivity index (χ1n) is 7.93. The number of carbonyl (C=O) groups is 1. The SMILES string of the molecule is O=C(Nc1cnc(C2CC2)nc1)C1(Cc2ccccc2)CC1. The van der Waals surface area contributed by atoms with E-state index >= 15 is 0 Å². The second-order valence-electron chi connectivity index (χ2n) is 6.50. The topological polar surface area (TPSA) is 54.9 Å². The first kappa shape index (κ1) is 13.4. The molecular weight excluding hydrogens is 274 g/mol. The van der Waals surface area contributed by atoms with Gasteiger partial charge in [-0.3, -0.25) is 4.79 Å². The highest BCUT2D eigenvalue weighted by Crippen LogP contribution is 2.49. The number of rotatable bonds is 5. The van der Waals surface area contributed by atoms with E-state index in [1.807, 2.05) is 18.2 Å². The zero-order chi connectivity index (χ0) is 15.0. The number of aromatic nitrogens is 2. The Labute approximate surface area is 130 Å². The summed E-state index contributed by atoms with van der Waals surface area (Å²) >= 11 is 0. The van der Waals surface area contributed by atoms with Gasteiger partial charge in [-0.25, -0.2) is 9.97 Å². The molecule has 2 fully saturated rings. The molecule has 2 aliphatic rings. The lowest BCUT2D eigenvalue weighted by Crippen LogP contribution is -2.26. The van der Waals surface area contributed by atoms with E-state index in [2.05, 4.69) is 27.4 Å². The third kappa shape index (κ3) is 2.73. The Bertz CT molecular complexity index is 673. The average molecular weight is 293 g/mol. The van der Waals surface area contributed by atoms with Crippen molar-refractivity contribution in [2.75, 3.05) is 5.32 Å². The lowest BCUT2D eigenvalue weighted by Gasteiger charge is -2.15. The molecule has 2 saturated carbocycles. The van der Waals surface area contributed by atoms with Crippen LogP contribution in [0, 0.1) is 5.41 Å². The van der Waals surface area contributed by atoms with E-state index in [4.69, 9.17) is 0 Å². The lowest BCUT2D eigenvalue weighted by atomic mass is 9.95. The molecule has 1 heterocycles. The Morgan fingerprint density at radius 1 is 1.14 bits per heavy atom. The van der Waals surface area contributed by atoms with Crippen LogP contribution in [0.2, 0.25) is 0 Å². The number of benzene rings is 1. The minimum atomic E-state index is -0.240. The van der Waals surface area contributed by atoms with E-state index < -0.39 is 0 Å². The molecule has 0 aliphatic heterocycles. The molecule has 1 aromatic carbocycles. The Kier molecular flexibility index (Phi) is 3.17. The molecule has 0 saturated heterocycles. The van der Waals surface area contributed by atoms with Gasteiger partial charge in [0, 0.05) is 5.92 Å². The van der Waals surface area contributed by atoms with Crippen LogP contribution in [-0.2, 0) is 11.2 Å². The van der Waals surface area contributed by atoms with Crippen LogP contribution in [-0.4, -0.2) is 15.9 Å². The van der Waals surface area contributed by atoms with Gasteiger partial charge in [-0.2, -0.15) is 0 Å². The third-order valence-corrected chi connectivity index (χ3v) is 4.59. The molecule has 0 bridgehead atoms. The number of anilines is 1. The van der Waals surface area contributed by atoms with Gasteiger partial charge in [0.05, 0.1) is 23.5 Å². The van der Waals surface area contributed by atoms with E-state index in [0.29, 0.717) is 11.6 Å². The summed E-state index contributed by atoms with van der Waals surface area (Å²) in [5.41, 5.74) is 1.68. The number of carbonyl (C=O) groups excluding carboxylic acids is 1. The first-order valence-corrected chi connectivity index (χ1v) is 7.93. The first-order chi connectivity index (χ1) is 10.8. The summed E-state index contributed by atoms with van der Waals surface area (Å²) in [5.74, 6) is 1.54. The molecule has 0 unspecified atom stereocenters. The van der Waals surface area contributed by atoms with E-state index in [1.54, 1.807) is 12.4 Å². The molecule has 2 aromatic rings. The monoisotopic (exact) mass is 293 g/mol. The molecule has 1 amide bonds.